The summed E-state index contributed by atoms with van der Waals surface area (Å²) in [5.41, 5.74) is 1.99. The zero-order valence-corrected chi connectivity index (χ0v) is 15.4. The largest absolute Gasteiger partial charge is 0.497 e. The van der Waals surface area contributed by atoms with Crippen LogP contribution in [0.25, 0.3) is 0 Å². The summed E-state index contributed by atoms with van der Waals surface area (Å²) in [4.78, 5) is 14.5. The Morgan fingerprint density at radius 2 is 1.77 bits per heavy atom. The number of hydrogen-bond donors (Lipinski definition) is 1. The van der Waals surface area contributed by atoms with Crippen LogP contribution >= 0.6 is 0 Å². The monoisotopic (exact) mass is 354 g/mol. The van der Waals surface area contributed by atoms with Crippen LogP contribution in [0.5, 0.6) is 11.5 Å². The van der Waals surface area contributed by atoms with Crippen LogP contribution in [0.4, 0.5) is 11.4 Å². The summed E-state index contributed by atoms with van der Waals surface area (Å²) in [5, 5.41) is 2.87. The van der Waals surface area contributed by atoms with Crippen LogP contribution in [0.15, 0.2) is 48.5 Å². The number of rotatable bonds is 6. The minimum Gasteiger partial charge on any atom is -0.497 e. The van der Waals surface area contributed by atoms with Gasteiger partial charge in [0.05, 0.1) is 7.11 Å². The summed E-state index contributed by atoms with van der Waals surface area (Å²) in [6, 6.07) is 15.8. The van der Waals surface area contributed by atoms with E-state index in [0.717, 1.165) is 18.0 Å². The minimum atomic E-state index is -0.181. The molecule has 5 nitrogen and oxygen atoms in total. The third kappa shape index (κ3) is 4.69. The highest BCUT2D eigenvalue weighted by molar-refractivity contribution is 5.92. The standard InChI is InChI=1S/C21H26N2O3/c1-16-5-3-4-14-23(16)18-8-6-17(7-9-18)22-21(24)15-26-20-12-10-19(25-2)11-13-20/h6-13,16H,3-5,14-15H2,1-2H3,(H,22,24)/t16-/m1/s1. The molecule has 1 aliphatic heterocycles. The quantitative estimate of drug-likeness (QED) is 0.849. The second-order valence-corrected chi connectivity index (χ2v) is 6.60. The Hall–Kier alpha value is -2.69. The average molecular weight is 354 g/mol. The Morgan fingerprint density at radius 1 is 1.08 bits per heavy atom. The van der Waals surface area contributed by atoms with E-state index in [0.29, 0.717) is 11.8 Å². The van der Waals surface area contributed by atoms with Crippen molar-refractivity contribution in [1.82, 2.24) is 0 Å². The number of carbonyl (C=O) groups is 1. The molecular formula is C21H26N2O3. The van der Waals surface area contributed by atoms with E-state index in [-0.39, 0.29) is 12.5 Å². The van der Waals surface area contributed by atoms with Gasteiger partial charge < -0.3 is 19.7 Å². The first-order chi connectivity index (χ1) is 12.7. The number of carbonyl (C=O) groups excluding carboxylic acids is 1. The lowest BCUT2D eigenvalue weighted by molar-refractivity contribution is -0.118. The Morgan fingerprint density at radius 3 is 2.42 bits per heavy atom. The number of amides is 1. The van der Waals surface area contributed by atoms with E-state index in [1.54, 1.807) is 31.4 Å². The summed E-state index contributed by atoms with van der Waals surface area (Å²) >= 11 is 0. The summed E-state index contributed by atoms with van der Waals surface area (Å²) in [7, 11) is 1.61. The maximum absolute atomic E-state index is 12.1. The molecule has 0 spiro atoms. The number of nitrogens with one attached hydrogen (secondary N) is 1. The highest BCUT2D eigenvalue weighted by atomic mass is 16.5. The van der Waals surface area contributed by atoms with E-state index in [2.05, 4.69) is 29.3 Å². The third-order valence-corrected chi connectivity index (χ3v) is 4.72. The molecule has 0 unspecified atom stereocenters. The van der Waals surface area contributed by atoms with Gasteiger partial charge in [0.15, 0.2) is 6.61 Å². The number of nitrogens with zero attached hydrogens (tertiary/aromatic N) is 1. The lowest BCUT2D eigenvalue weighted by Gasteiger charge is -2.35. The van der Waals surface area contributed by atoms with Crippen LogP contribution in [0.2, 0.25) is 0 Å². The van der Waals surface area contributed by atoms with Crippen molar-refractivity contribution < 1.29 is 14.3 Å². The van der Waals surface area contributed by atoms with Gasteiger partial charge in [-0.25, -0.2) is 0 Å². The van der Waals surface area contributed by atoms with Crippen molar-refractivity contribution >= 4 is 17.3 Å². The molecule has 1 aliphatic rings. The minimum absolute atomic E-state index is 0.0305. The fraction of sp³-hybridized carbons (Fsp3) is 0.381. The van der Waals surface area contributed by atoms with Gasteiger partial charge in [0.2, 0.25) is 0 Å². The summed E-state index contributed by atoms with van der Waals surface area (Å²) in [5.74, 6) is 1.21. The predicted octanol–water partition coefficient (Wildman–Crippen LogP) is 4.09. The highest BCUT2D eigenvalue weighted by Crippen LogP contribution is 2.25. The van der Waals surface area contributed by atoms with Gasteiger partial charge in [-0.3, -0.25) is 4.79 Å². The van der Waals surface area contributed by atoms with Crippen LogP contribution in [-0.4, -0.2) is 32.2 Å². The molecule has 1 amide bonds. The maximum Gasteiger partial charge on any atom is 0.262 e. The Labute approximate surface area is 154 Å². The first-order valence-electron chi connectivity index (χ1n) is 9.09. The molecule has 2 aromatic carbocycles. The average Bonchev–Trinajstić information content (AvgIpc) is 2.68. The molecule has 1 saturated heterocycles. The molecule has 0 aliphatic carbocycles. The first-order valence-corrected chi connectivity index (χ1v) is 9.09. The van der Waals surface area contributed by atoms with Crippen molar-refractivity contribution in [1.29, 1.82) is 0 Å². The maximum atomic E-state index is 12.1. The molecule has 1 fully saturated rings. The second-order valence-electron chi connectivity index (χ2n) is 6.60. The number of hydrogen-bond acceptors (Lipinski definition) is 4. The van der Waals surface area contributed by atoms with E-state index in [1.165, 1.54) is 24.9 Å². The smallest absolute Gasteiger partial charge is 0.262 e. The van der Waals surface area contributed by atoms with Crippen molar-refractivity contribution in [2.24, 2.45) is 0 Å². The summed E-state index contributed by atoms with van der Waals surface area (Å²) < 4.78 is 10.6. The van der Waals surface area contributed by atoms with Crippen LogP contribution in [0, 0.1) is 0 Å². The molecule has 1 atom stereocenters. The molecule has 5 heteroatoms. The highest BCUT2D eigenvalue weighted by Gasteiger charge is 2.18. The lowest BCUT2D eigenvalue weighted by atomic mass is 10.0. The van der Waals surface area contributed by atoms with Crippen LogP contribution in [0.3, 0.4) is 0 Å². The van der Waals surface area contributed by atoms with Crippen molar-refractivity contribution in [2.45, 2.75) is 32.2 Å². The van der Waals surface area contributed by atoms with Gasteiger partial charge in [-0.2, -0.15) is 0 Å². The molecule has 26 heavy (non-hydrogen) atoms. The number of anilines is 2. The van der Waals surface area contributed by atoms with Crippen LogP contribution in [0.1, 0.15) is 26.2 Å². The molecule has 1 N–H and O–H groups in total. The summed E-state index contributed by atoms with van der Waals surface area (Å²) in [6.07, 6.45) is 3.78. The fourth-order valence-electron chi connectivity index (χ4n) is 3.24. The molecule has 138 valence electrons. The van der Waals surface area contributed by atoms with E-state index in [1.807, 2.05) is 12.1 Å². The van der Waals surface area contributed by atoms with Crippen LogP contribution in [-0.2, 0) is 4.79 Å². The third-order valence-electron chi connectivity index (χ3n) is 4.72. The zero-order valence-electron chi connectivity index (χ0n) is 15.4. The van der Waals surface area contributed by atoms with Gasteiger partial charge in [-0.05, 0) is 74.7 Å². The molecule has 1 heterocycles. The molecular weight excluding hydrogens is 328 g/mol. The van der Waals surface area contributed by atoms with Crippen molar-refractivity contribution in [3.05, 3.63) is 48.5 Å². The van der Waals surface area contributed by atoms with Gasteiger partial charge >= 0.3 is 0 Å². The number of ether oxygens (including phenoxy) is 2. The number of benzene rings is 2. The van der Waals surface area contributed by atoms with Gasteiger partial charge in [-0.1, -0.05) is 0 Å². The van der Waals surface area contributed by atoms with Gasteiger partial charge in [0.25, 0.3) is 5.91 Å². The molecule has 0 bridgehead atoms. The second kappa shape index (κ2) is 8.61. The Balaban J connectivity index is 1.50. The number of piperidine rings is 1. The topological polar surface area (TPSA) is 50.8 Å². The fourth-order valence-corrected chi connectivity index (χ4v) is 3.24. The van der Waals surface area contributed by atoms with Gasteiger partial charge in [-0.15, -0.1) is 0 Å². The number of methoxy groups -OCH3 is 1. The lowest BCUT2D eigenvalue weighted by Crippen LogP contribution is -2.37. The van der Waals surface area contributed by atoms with E-state index in [4.69, 9.17) is 9.47 Å². The van der Waals surface area contributed by atoms with E-state index >= 15 is 0 Å². The van der Waals surface area contributed by atoms with E-state index < -0.39 is 0 Å². The van der Waals surface area contributed by atoms with Gasteiger partial charge in [0, 0.05) is 24.0 Å². The molecule has 0 aromatic heterocycles. The SMILES string of the molecule is COc1ccc(OCC(=O)Nc2ccc(N3CCCC[C@H]3C)cc2)cc1. The van der Waals surface area contributed by atoms with Crippen LogP contribution < -0.4 is 19.7 Å². The summed E-state index contributed by atoms with van der Waals surface area (Å²) in [6.45, 7) is 3.34. The normalized spacial score (nSPS) is 16.8. The van der Waals surface area contributed by atoms with Gasteiger partial charge in [0.1, 0.15) is 11.5 Å². The predicted molar refractivity (Wildman–Crippen MR) is 104 cm³/mol. The molecule has 0 saturated carbocycles. The first kappa shape index (κ1) is 18.1. The molecule has 0 radical (unpaired) electrons. The molecule has 2 aromatic rings. The van der Waals surface area contributed by atoms with Crippen molar-refractivity contribution in [3.63, 3.8) is 0 Å². The van der Waals surface area contributed by atoms with Crippen molar-refractivity contribution in [2.75, 3.05) is 30.5 Å². The Kier molecular flexibility index (Phi) is 6.00. The van der Waals surface area contributed by atoms with Crippen molar-refractivity contribution in [3.8, 4) is 11.5 Å². The van der Waals surface area contributed by atoms with E-state index in [9.17, 15) is 4.79 Å². The molecule has 3 rings (SSSR count). The zero-order chi connectivity index (χ0) is 18.4. The Bertz CT molecular complexity index is 713.